The van der Waals surface area contributed by atoms with Crippen LogP contribution in [0.3, 0.4) is 0 Å². The van der Waals surface area contributed by atoms with Crippen molar-refractivity contribution < 1.29 is 4.74 Å². The molecule has 0 amide bonds. The standard InChI is InChI=1S/C26H40N6O/c1-7-23(17-25(27-8-2)28-19(3)4)32-26(29-24-15-20(5)9-10-21(24)6)16-22(30-32)18-31-11-13-33-14-12-31/h8-10,15-17,19,23,28-29H,7,11-14,18H2,1-6H3/b25-17+,27-8-. The molecule has 0 spiro atoms. The Labute approximate surface area is 198 Å². The fourth-order valence-electron chi connectivity index (χ4n) is 3.97. The Hall–Kier alpha value is -2.64. The highest BCUT2D eigenvalue weighted by atomic mass is 16.5. The van der Waals surface area contributed by atoms with E-state index in [9.17, 15) is 0 Å². The number of aliphatic imine (C=N–C) groups is 1. The molecule has 0 aliphatic carbocycles. The van der Waals surface area contributed by atoms with Crippen molar-refractivity contribution in [3.63, 3.8) is 0 Å². The number of aryl methyl sites for hydroxylation is 2. The van der Waals surface area contributed by atoms with E-state index in [-0.39, 0.29) is 6.04 Å². The van der Waals surface area contributed by atoms with E-state index < -0.39 is 0 Å². The monoisotopic (exact) mass is 452 g/mol. The van der Waals surface area contributed by atoms with Gasteiger partial charge in [0.25, 0.3) is 0 Å². The first-order valence-corrected chi connectivity index (χ1v) is 12.1. The summed E-state index contributed by atoms with van der Waals surface area (Å²) in [5, 5.41) is 12.2. The van der Waals surface area contributed by atoms with Crippen LogP contribution in [0.5, 0.6) is 0 Å². The van der Waals surface area contributed by atoms with E-state index in [1.54, 1.807) is 0 Å². The molecule has 7 heteroatoms. The molecule has 1 unspecified atom stereocenters. The van der Waals surface area contributed by atoms with Crippen LogP contribution in [0.25, 0.3) is 0 Å². The van der Waals surface area contributed by atoms with Crippen LogP contribution in [0, 0.1) is 13.8 Å². The maximum absolute atomic E-state index is 5.52. The van der Waals surface area contributed by atoms with Gasteiger partial charge in [0.1, 0.15) is 11.6 Å². The molecule has 0 radical (unpaired) electrons. The average molecular weight is 453 g/mol. The molecule has 1 aliphatic rings. The topological polar surface area (TPSA) is 66.7 Å². The Kier molecular flexibility index (Phi) is 9.09. The minimum Gasteiger partial charge on any atom is -0.379 e. The molecule has 1 aliphatic heterocycles. The molecule has 2 N–H and O–H groups in total. The highest BCUT2D eigenvalue weighted by Gasteiger charge is 2.19. The van der Waals surface area contributed by atoms with Crippen LogP contribution in [-0.4, -0.2) is 53.2 Å². The first-order chi connectivity index (χ1) is 15.9. The van der Waals surface area contributed by atoms with Crippen LogP contribution >= 0.6 is 0 Å². The van der Waals surface area contributed by atoms with Gasteiger partial charge in [-0.3, -0.25) is 4.90 Å². The van der Waals surface area contributed by atoms with Gasteiger partial charge in [-0.15, -0.1) is 0 Å². The van der Waals surface area contributed by atoms with Gasteiger partial charge < -0.3 is 15.4 Å². The number of benzene rings is 1. The second-order valence-corrected chi connectivity index (χ2v) is 9.01. The third-order valence-electron chi connectivity index (χ3n) is 5.72. The highest BCUT2D eigenvalue weighted by molar-refractivity contribution is 5.62. The van der Waals surface area contributed by atoms with Crippen molar-refractivity contribution >= 4 is 17.7 Å². The number of hydrogen-bond acceptors (Lipinski definition) is 6. The summed E-state index contributed by atoms with van der Waals surface area (Å²) in [6, 6.07) is 9.06. The maximum atomic E-state index is 5.52. The molecule has 180 valence electrons. The number of hydrogen-bond donors (Lipinski definition) is 2. The van der Waals surface area contributed by atoms with Gasteiger partial charge in [0.15, 0.2) is 0 Å². The minimum atomic E-state index is 0.0704. The Morgan fingerprint density at radius 3 is 2.64 bits per heavy atom. The molecule has 1 saturated heterocycles. The largest absolute Gasteiger partial charge is 0.379 e. The van der Waals surface area contributed by atoms with E-state index in [0.29, 0.717) is 6.04 Å². The number of anilines is 2. The zero-order valence-electron chi connectivity index (χ0n) is 21.1. The van der Waals surface area contributed by atoms with Crippen molar-refractivity contribution in [1.29, 1.82) is 0 Å². The molecule has 1 fully saturated rings. The smallest absolute Gasteiger partial charge is 0.129 e. The number of aromatic nitrogens is 2. The molecular weight excluding hydrogens is 412 g/mol. The summed E-state index contributed by atoms with van der Waals surface area (Å²) in [6.07, 6.45) is 4.92. The van der Waals surface area contributed by atoms with Gasteiger partial charge in [-0.1, -0.05) is 19.1 Å². The third kappa shape index (κ3) is 7.17. The molecule has 3 rings (SSSR count). The summed E-state index contributed by atoms with van der Waals surface area (Å²) < 4.78 is 7.63. The highest BCUT2D eigenvalue weighted by Crippen LogP contribution is 2.27. The predicted molar refractivity (Wildman–Crippen MR) is 137 cm³/mol. The Balaban J connectivity index is 1.97. The van der Waals surface area contributed by atoms with Crippen LogP contribution in [0.2, 0.25) is 0 Å². The van der Waals surface area contributed by atoms with Gasteiger partial charge in [-0.05, 0) is 64.3 Å². The van der Waals surface area contributed by atoms with Crippen molar-refractivity contribution in [3.05, 3.63) is 53.0 Å². The summed E-state index contributed by atoms with van der Waals surface area (Å²) in [5.41, 5.74) is 4.62. The second-order valence-electron chi connectivity index (χ2n) is 9.01. The maximum Gasteiger partial charge on any atom is 0.129 e. The molecule has 33 heavy (non-hydrogen) atoms. The van der Waals surface area contributed by atoms with Gasteiger partial charge >= 0.3 is 0 Å². The first-order valence-electron chi connectivity index (χ1n) is 12.1. The summed E-state index contributed by atoms with van der Waals surface area (Å²) in [5.74, 6) is 1.88. The summed E-state index contributed by atoms with van der Waals surface area (Å²) in [7, 11) is 0. The second kappa shape index (κ2) is 12.0. The van der Waals surface area contributed by atoms with E-state index in [4.69, 9.17) is 9.84 Å². The molecule has 1 aromatic carbocycles. The molecule has 1 atom stereocenters. The number of allylic oxidation sites excluding steroid dienone is 1. The third-order valence-corrected chi connectivity index (χ3v) is 5.72. The molecule has 7 nitrogen and oxygen atoms in total. The summed E-state index contributed by atoms with van der Waals surface area (Å²) >= 11 is 0. The lowest BCUT2D eigenvalue weighted by Crippen LogP contribution is -2.35. The molecule has 2 aromatic rings. The van der Waals surface area contributed by atoms with Crippen LogP contribution in [0.1, 0.15) is 57.0 Å². The lowest BCUT2D eigenvalue weighted by molar-refractivity contribution is 0.0335. The first kappa shape index (κ1) is 25.0. The molecule has 0 bridgehead atoms. The number of nitrogens with zero attached hydrogens (tertiary/aromatic N) is 4. The molecule has 1 aromatic heterocycles. The Morgan fingerprint density at radius 1 is 1.21 bits per heavy atom. The van der Waals surface area contributed by atoms with E-state index in [0.717, 1.165) is 62.3 Å². The van der Waals surface area contributed by atoms with Gasteiger partial charge in [0, 0.05) is 43.6 Å². The minimum absolute atomic E-state index is 0.0704. The van der Waals surface area contributed by atoms with E-state index >= 15 is 0 Å². The zero-order chi connectivity index (χ0) is 23.8. The normalized spacial score (nSPS) is 16.5. The number of nitrogens with one attached hydrogen (secondary N) is 2. The number of rotatable bonds is 10. The van der Waals surface area contributed by atoms with Crippen molar-refractivity contribution in [2.45, 2.75) is 66.6 Å². The van der Waals surface area contributed by atoms with Crippen LogP contribution in [0.15, 0.2) is 41.2 Å². The van der Waals surface area contributed by atoms with Crippen molar-refractivity contribution in [2.75, 3.05) is 31.6 Å². The molecule has 0 saturated carbocycles. The van der Waals surface area contributed by atoms with Crippen LogP contribution < -0.4 is 10.6 Å². The van der Waals surface area contributed by atoms with Crippen LogP contribution in [-0.2, 0) is 11.3 Å². The Bertz CT molecular complexity index is 956. The SMILES string of the molecule is C/C=N\C(=C/C(CC)n1nc(CN2CCOCC2)cc1Nc1cc(C)ccc1C)NC(C)C. The van der Waals surface area contributed by atoms with Crippen LogP contribution in [0.4, 0.5) is 11.5 Å². The lowest BCUT2D eigenvalue weighted by atomic mass is 10.1. The van der Waals surface area contributed by atoms with Crippen molar-refractivity contribution in [1.82, 2.24) is 20.0 Å². The number of ether oxygens (including phenoxy) is 1. The van der Waals surface area contributed by atoms with E-state index in [1.807, 2.05) is 13.1 Å². The van der Waals surface area contributed by atoms with Crippen molar-refractivity contribution in [3.8, 4) is 0 Å². The van der Waals surface area contributed by atoms with E-state index in [1.165, 1.54) is 11.1 Å². The number of morpholine rings is 1. The average Bonchev–Trinajstić information content (AvgIpc) is 3.16. The molecule has 2 heterocycles. The van der Waals surface area contributed by atoms with E-state index in [2.05, 4.69) is 90.2 Å². The Morgan fingerprint density at radius 2 is 1.97 bits per heavy atom. The van der Waals surface area contributed by atoms with Gasteiger partial charge in [0.05, 0.1) is 24.9 Å². The lowest BCUT2D eigenvalue weighted by Gasteiger charge is -2.25. The summed E-state index contributed by atoms with van der Waals surface area (Å²) in [6.45, 7) is 16.9. The van der Waals surface area contributed by atoms with Gasteiger partial charge in [-0.25, -0.2) is 9.67 Å². The van der Waals surface area contributed by atoms with Gasteiger partial charge in [0.2, 0.25) is 0 Å². The quantitative estimate of drug-likeness (QED) is 0.499. The predicted octanol–water partition coefficient (Wildman–Crippen LogP) is 4.96. The summed E-state index contributed by atoms with van der Waals surface area (Å²) in [4.78, 5) is 6.96. The fraction of sp³-hybridized carbons (Fsp3) is 0.538. The van der Waals surface area contributed by atoms with Crippen molar-refractivity contribution in [2.24, 2.45) is 4.99 Å². The van der Waals surface area contributed by atoms with Gasteiger partial charge in [-0.2, -0.15) is 5.10 Å². The zero-order valence-corrected chi connectivity index (χ0v) is 21.1. The molecular formula is C26H40N6O. The fourth-order valence-corrected chi connectivity index (χ4v) is 3.97.